The number of aliphatic carboxylic acids is 1. The van der Waals surface area contributed by atoms with Gasteiger partial charge in [-0.1, -0.05) is 13.0 Å². The summed E-state index contributed by atoms with van der Waals surface area (Å²) >= 11 is 0. The summed E-state index contributed by atoms with van der Waals surface area (Å²) in [7, 11) is 0. The second-order valence-electron chi connectivity index (χ2n) is 4.32. The van der Waals surface area contributed by atoms with E-state index in [1.807, 2.05) is 6.07 Å². The van der Waals surface area contributed by atoms with Gasteiger partial charge in [-0.2, -0.15) is 0 Å². The van der Waals surface area contributed by atoms with Crippen LogP contribution in [0, 0.1) is 5.92 Å². The third kappa shape index (κ3) is 1.96. The van der Waals surface area contributed by atoms with Crippen molar-refractivity contribution in [1.82, 2.24) is 0 Å². The van der Waals surface area contributed by atoms with Crippen molar-refractivity contribution in [3.05, 3.63) is 23.8 Å². The van der Waals surface area contributed by atoms with Gasteiger partial charge in [-0.15, -0.1) is 0 Å². The maximum Gasteiger partial charge on any atom is 0.306 e. The number of phenols is 1. The Balaban J connectivity index is 2.06. The number of carboxylic acid groups (broad SMARTS) is 1. The zero-order chi connectivity index (χ0) is 11.7. The summed E-state index contributed by atoms with van der Waals surface area (Å²) in [6.45, 7) is 1.70. The molecule has 0 bridgehead atoms. The zero-order valence-corrected chi connectivity index (χ0v) is 9.10. The molecule has 0 radical (unpaired) electrons. The standard InChI is InChI=1S/C12H15NO3/c1-7(12(15)16)5-8-6-9-10(13-8)3-2-4-11(9)14/h2-4,7-8,13-14H,5-6H2,1H3,(H,15,16). The Hall–Kier alpha value is -1.71. The average Bonchev–Trinajstić information content (AvgIpc) is 2.61. The highest BCUT2D eigenvalue weighted by molar-refractivity contribution is 5.70. The molecular formula is C12H15NO3. The van der Waals surface area contributed by atoms with Gasteiger partial charge in [0.25, 0.3) is 0 Å². The second-order valence-corrected chi connectivity index (χ2v) is 4.32. The second kappa shape index (κ2) is 4.04. The lowest BCUT2D eigenvalue weighted by atomic mass is 9.99. The highest BCUT2D eigenvalue weighted by Crippen LogP contribution is 2.34. The van der Waals surface area contributed by atoms with E-state index in [2.05, 4.69) is 5.32 Å². The Morgan fingerprint density at radius 2 is 2.38 bits per heavy atom. The summed E-state index contributed by atoms with van der Waals surface area (Å²) in [5.41, 5.74) is 1.81. The summed E-state index contributed by atoms with van der Waals surface area (Å²) in [5.74, 6) is -0.855. The van der Waals surface area contributed by atoms with Crippen molar-refractivity contribution in [2.45, 2.75) is 25.8 Å². The van der Waals surface area contributed by atoms with E-state index >= 15 is 0 Å². The van der Waals surface area contributed by atoms with Gasteiger partial charge in [0.05, 0.1) is 5.92 Å². The van der Waals surface area contributed by atoms with Gasteiger partial charge < -0.3 is 15.5 Å². The lowest BCUT2D eigenvalue weighted by Crippen LogP contribution is -2.22. The van der Waals surface area contributed by atoms with Gasteiger partial charge in [0.2, 0.25) is 0 Å². The van der Waals surface area contributed by atoms with Gasteiger partial charge in [0.15, 0.2) is 0 Å². The van der Waals surface area contributed by atoms with Crippen LogP contribution in [0.3, 0.4) is 0 Å². The number of carbonyl (C=O) groups is 1. The molecule has 86 valence electrons. The number of fused-ring (bicyclic) bond motifs is 1. The number of carboxylic acids is 1. The predicted octanol–water partition coefficient (Wildman–Crippen LogP) is 1.84. The van der Waals surface area contributed by atoms with Crippen LogP contribution in [0.25, 0.3) is 0 Å². The van der Waals surface area contributed by atoms with Crippen molar-refractivity contribution < 1.29 is 15.0 Å². The largest absolute Gasteiger partial charge is 0.508 e. The summed E-state index contributed by atoms with van der Waals surface area (Å²) < 4.78 is 0. The van der Waals surface area contributed by atoms with Gasteiger partial charge >= 0.3 is 5.97 Å². The van der Waals surface area contributed by atoms with Crippen LogP contribution in [0.5, 0.6) is 5.75 Å². The lowest BCUT2D eigenvalue weighted by molar-refractivity contribution is -0.141. The third-order valence-electron chi connectivity index (χ3n) is 3.02. The van der Waals surface area contributed by atoms with Crippen molar-refractivity contribution >= 4 is 11.7 Å². The third-order valence-corrected chi connectivity index (χ3v) is 3.02. The minimum atomic E-state index is -0.776. The van der Waals surface area contributed by atoms with Crippen LogP contribution in [0.15, 0.2) is 18.2 Å². The smallest absolute Gasteiger partial charge is 0.306 e. The van der Waals surface area contributed by atoms with Crippen molar-refractivity contribution in [1.29, 1.82) is 0 Å². The van der Waals surface area contributed by atoms with Crippen LogP contribution < -0.4 is 5.32 Å². The fourth-order valence-electron chi connectivity index (χ4n) is 2.11. The molecule has 0 spiro atoms. The van der Waals surface area contributed by atoms with E-state index in [1.54, 1.807) is 19.1 Å². The molecule has 3 N–H and O–H groups in total. The lowest BCUT2D eigenvalue weighted by Gasteiger charge is -2.13. The topological polar surface area (TPSA) is 69.6 Å². The van der Waals surface area contributed by atoms with Crippen LogP contribution in [0.1, 0.15) is 18.9 Å². The Labute approximate surface area is 93.9 Å². The minimum Gasteiger partial charge on any atom is -0.508 e. The van der Waals surface area contributed by atoms with Gasteiger partial charge in [0, 0.05) is 17.3 Å². The molecule has 16 heavy (non-hydrogen) atoms. The van der Waals surface area contributed by atoms with E-state index in [4.69, 9.17) is 5.11 Å². The monoisotopic (exact) mass is 221 g/mol. The number of nitrogens with one attached hydrogen (secondary N) is 1. The molecule has 0 aromatic heterocycles. The number of hydrogen-bond acceptors (Lipinski definition) is 3. The Kier molecular flexibility index (Phi) is 2.73. The van der Waals surface area contributed by atoms with Crippen LogP contribution in [-0.2, 0) is 11.2 Å². The highest BCUT2D eigenvalue weighted by atomic mass is 16.4. The van der Waals surface area contributed by atoms with Crippen molar-refractivity contribution in [2.24, 2.45) is 5.92 Å². The minimum absolute atomic E-state index is 0.106. The van der Waals surface area contributed by atoms with E-state index in [-0.39, 0.29) is 17.7 Å². The fraction of sp³-hybridized carbons (Fsp3) is 0.417. The van der Waals surface area contributed by atoms with Gasteiger partial charge in [-0.25, -0.2) is 0 Å². The maximum absolute atomic E-state index is 10.7. The van der Waals surface area contributed by atoms with Gasteiger partial charge in [-0.05, 0) is 25.0 Å². The molecule has 0 fully saturated rings. The number of benzene rings is 1. The predicted molar refractivity (Wildman–Crippen MR) is 60.6 cm³/mol. The molecule has 0 saturated heterocycles. The van der Waals surface area contributed by atoms with E-state index in [1.165, 1.54) is 0 Å². The average molecular weight is 221 g/mol. The molecule has 4 heteroatoms. The van der Waals surface area contributed by atoms with Crippen LogP contribution >= 0.6 is 0 Å². The Morgan fingerprint density at radius 1 is 1.62 bits per heavy atom. The molecular weight excluding hydrogens is 206 g/mol. The summed E-state index contributed by atoms with van der Waals surface area (Å²) in [6, 6.07) is 5.45. The fourth-order valence-corrected chi connectivity index (χ4v) is 2.11. The number of phenolic OH excluding ortho intramolecular Hbond substituents is 1. The summed E-state index contributed by atoms with van der Waals surface area (Å²) in [4.78, 5) is 10.7. The Morgan fingerprint density at radius 3 is 3.00 bits per heavy atom. The molecule has 1 aromatic rings. The van der Waals surface area contributed by atoms with Crippen molar-refractivity contribution in [3.63, 3.8) is 0 Å². The molecule has 0 amide bonds. The van der Waals surface area contributed by atoms with Crippen LogP contribution in [-0.4, -0.2) is 22.2 Å². The first-order chi connectivity index (χ1) is 7.58. The van der Waals surface area contributed by atoms with E-state index < -0.39 is 5.97 Å². The molecule has 1 aromatic carbocycles. The highest BCUT2D eigenvalue weighted by Gasteiger charge is 2.26. The molecule has 0 saturated carbocycles. The summed E-state index contributed by atoms with van der Waals surface area (Å²) in [5, 5.41) is 21.7. The zero-order valence-electron chi connectivity index (χ0n) is 9.10. The number of rotatable bonds is 3. The van der Waals surface area contributed by atoms with E-state index in [0.717, 1.165) is 11.3 Å². The van der Waals surface area contributed by atoms with E-state index in [9.17, 15) is 9.90 Å². The van der Waals surface area contributed by atoms with E-state index in [0.29, 0.717) is 12.8 Å². The molecule has 4 nitrogen and oxygen atoms in total. The molecule has 2 atom stereocenters. The first-order valence-electron chi connectivity index (χ1n) is 5.38. The molecule has 2 rings (SSSR count). The maximum atomic E-state index is 10.7. The molecule has 2 unspecified atom stereocenters. The SMILES string of the molecule is CC(CC1Cc2c(O)cccc2N1)C(=O)O. The number of hydrogen-bond donors (Lipinski definition) is 3. The van der Waals surface area contributed by atoms with Crippen molar-refractivity contribution in [2.75, 3.05) is 5.32 Å². The van der Waals surface area contributed by atoms with Crippen LogP contribution in [0.2, 0.25) is 0 Å². The quantitative estimate of drug-likeness (QED) is 0.728. The van der Waals surface area contributed by atoms with Gasteiger partial charge in [-0.3, -0.25) is 4.79 Å². The number of anilines is 1. The Bertz CT molecular complexity index is 417. The molecule has 1 aliphatic heterocycles. The summed E-state index contributed by atoms with van der Waals surface area (Å²) in [6.07, 6.45) is 1.27. The molecule has 0 aliphatic carbocycles. The van der Waals surface area contributed by atoms with Gasteiger partial charge in [0.1, 0.15) is 5.75 Å². The first-order valence-corrected chi connectivity index (χ1v) is 5.38. The van der Waals surface area contributed by atoms with Crippen molar-refractivity contribution in [3.8, 4) is 5.75 Å². The first kappa shape index (κ1) is 10.8. The normalized spacial score (nSPS) is 19.9. The molecule has 1 heterocycles. The van der Waals surface area contributed by atoms with Crippen LogP contribution in [0.4, 0.5) is 5.69 Å². The molecule has 1 aliphatic rings. The number of aromatic hydroxyl groups is 1.